The maximum atomic E-state index is 12.3. The smallest absolute Gasteiger partial charge is 0.445 e. The van der Waals surface area contributed by atoms with Crippen LogP contribution in [0.15, 0.2) is 54.0 Å². The van der Waals surface area contributed by atoms with Crippen molar-refractivity contribution in [3.63, 3.8) is 0 Å². The number of hydrogen-bond acceptors (Lipinski definition) is 4. The molecule has 0 unspecified atom stereocenters. The monoisotopic (exact) mass is 419 g/mol. The zero-order chi connectivity index (χ0) is 22.1. The van der Waals surface area contributed by atoms with E-state index in [1.54, 1.807) is 0 Å². The van der Waals surface area contributed by atoms with E-state index in [0.717, 1.165) is 29.4 Å². The largest absolute Gasteiger partial charge is 0.492 e. The topological polar surface area (TPSA) is 56.8 Å². The average molecular weight is 419 g/mol. The van der Waals surface area contributed by atoms with Gasteiger partial charge in [0.15, 0.2) is 0 Å². The van der Waals surface area contributed by atoms with Gasteiger partial charge in [-0.05, 0) is 68.3 Å². The van der Waals surface area contributed by atoms with Crippen molar-refractivity contribution >= 4 is 19.3 Å². The van der Waals surface area contributed by atoms with Crippen molar-refractivity contribution in [3.05, 3.63) is 76.3 Å². The Labute approximate surface area is 184 Å². The molecule has 2 aromatic carbocycles. The van der Waals surface area contributed by atoms with Crippen molar-refractivity contribution in [2.24, 2.45) is 0 Å². The molecule has 4 rings (SSSR count). The quantitative estimate of drug-likeness (QED) is 0.688. The predicted molar refractivity (Wildman–Crippen MR) is 123 cm³/mol. The van der Waals surface area contributed by atoms with Crippen LogP contribution in [0.4, 0.5) is 4.79 Å². The molecule has 1 aliphatic carbocycles. The van der Waals surface area contributed by atoms with Gasteiger partial charge in [-0.15, -0.1) is 0 Å². The summed E-state index contributed by atoms with van der Waals surface area (Å²) in [6, 6.07) is 16.1. The number of carbonyl (C=O) groups is 1. The van der Waals surface area contributed by atoms with Crippen molar-refractivity contribution in [3.8, 4) is 0 Å². The molecule has 2 aromatic rings. The van der Waals surface area contributed by atoms with Gasteiger partial charge in [0.05, 0.1) is 11.2 Å². The number of benzene rings is 2. The molecular formula is C25H30BNO4. The van der Waals surface area contributed by atoms with Crippen LogP contribution < -0.4 is 5.32 Å². The van der Waals surface area contributed by atoms with Gasteiger partial charge in [-0.25, -0.2) is 4.79 Å². The number of aryl methyl sites for hydroxylation is 2. The van der Waals surface area contributed by atoms with Gasteiger partial charge < -0.3 is 19.4 Å². The van der Waals surface area contributed by atoms with Crippen LogP contribution in [0.3, 0.4) is 0 Å². The number of fused-ring (bicyclic) bond motifs is 1. The Morgan fingerprint density at radius 3 is 2.32 bits per heavy atom. The minimum Gasteiger partial charge on any atom is -0.445 e. The molecule has 162 valence electrons. The number of ether oxygens (including phenoxy) is 1. The van der Waals surface area contributed by atoms with Crippen LogP contribution in [-0.2, 0) is 33.5 Å². The van der Waals surface area contributed by atoms with Crippen molar-refractivity contribution < 1.29 is 18.8 Å². The van der Waals surface area contributed by atoms with Gasteiger partial charge in [0.1, 0.15) is 6.61 Å². The first-order valence-electron chi connectivity index (χ1n) is 10.9. The highest BCUT2D eigenvalue weighted by molar-refractivity contribution is 6.56. The van der Waals surface area contributed by atoms with Gasteiger partial charge in [-0.2, -0.15) is 0 Å². The van der Waals surface area contributed by atoms with Crippen LogP contribution in [-0.4, -0.2) is 31.0 Å². The van der Waals surface area contributed by atoms with Gasteiger partial charge in [0.2, 0.25) is 0 Å². The van der Waals surface area contributed by atoms with Crippen molar-refractivity contribution in [2.45, 2.75) is 58.3 Å². The van der Waals surface area contributed by atoms with E-state index in [1.165, 1.54) is 11.1 Å². The van der Waals surface area contributed by atoms with E-state index in [4.69, 9.17) is 14.0 Å². The molecule has 2 aliphatic rings. The summed E-state index contributed by atoms with van der Waals surface area (Å²) in [5, 5.41) is 2.86. The number of rotatable bonds is 6. The third kappa shape index (κ3) is 4.86. The zero-order valence-electron chi connectivity index (χ0n) is 18.7. The Balaban J connectivity index is 1.46. The molecule has 31 heavy (non-hydrogen) atoms. The SMILES string of the molecule is CC1(C)OB(C(=Cc2ccc3c(c2)CC3)CNC(=O)OCc2ccccc2)OC1(C)C. The molecule has 0 radical (unpaired) electrons. The van der Waals surface area contributed by atoms with Gasteiger partial charge in [-0.1, -0.05) is 54.6 Å². The van der Waals surface area contributed by atoms with Crippen LogP contribution in [0.2, 0.25) is 0 Å². The van der Waals surface area contributed by atoms with Crippen LogP contribution >= 0.6 is 0 Å². The minimum atomic E-state index is -0.537. The Bertz CT molecular complexity index is 968. The molecule has 6 heteroatoms. The van der Waals surface area contributed by atoms with E-state index in [9.17, 15) is 4.79 Å². The number of alkyl carbamates (subject to hydrolysis) is 1. The van der Waals surface area contributed by atoms with Gasteiger partial charge >= 0.3 is 13.2 Å². The highest BCUT2D eigenvalue weighted by Gasteiger charge is 2.52. The lowest BCUT2D eigenvalue weighted by Gasteiger charge is -2.32. The fourth-order valence-electron chi connectivity index (χ4n) is 3.66. The molecule has 0 aromatic heterocycles. The zero-order valence-corrected chi connectivity index (χ0v) is 18.7. The molecule has 1 N–H and O–H groups in total. The van der Waals surface area contributed by atoms with Crippen molar-refractivity contribution in [1.82, 2.24) is 5.32 Å². The van der Waals surface area contributed by atoms with Crippen LogP contribution in [0, 0.1) is 0 Å². The normalized spacial score (nSPS) is 18.8. The molecule has 1 amide bonds. The summed E-state index contributed by atoms with van der Waals surface area (Å²) in [7, 11) is -0.537. The highest BCUT2D eigenvalue weighted by atomic mass is 16.7. The maximum absolute atomic E-state index is 12.3. The molecule has 1 aliphatic heterocycles. The fraction of sp³-hybridized carbons (Fsp3) is 0.400. The molecule has 0 saturated carbocycles. The molecule has 1 heterocycles. The lowest BCUT2D eigenvalue weighted by atomic mass is 9.76. The standard InChI is InChI=1S/C25H30BNO4/c1-24(2)25(3,4)31-26(30-24)22(15-19-10-11-20-12-13-21(20)14-19)16-27-23(28)29-17-18-8-6-5-7-9-18/h5-11,14-15H,12-13,16-17H2,1-4H3,(H,27,28). The third-order valence-corrected chi connectivity index (χ3v) is 6.45. The summed E-state index contributed by atoms with van der Waals surface area (Å²) < 4.78 is 17.8. The second kappa shape index (κ2) is 8.52. The Hall–Kier alpha value is -2.57. The lowest BCUT2D eigenvalue weighted by molar-refractivity contribution is 0.00578. The number of nitrogens with one attached hydrogen (secondary N) is 1. The summed E-state index contributed by atoms with van der Waals surface area (Å²) in [5.74, 6) is 0. The first kappa shape index (κ1) is 21.7. The molecule has 5 nitrogen and oxygen atoms in total. The van der Waals surface area contributed by atoms with E-state index in [1.807, 2.05) is 58.0 Å². The van der Waals surface area contributed by atoms with Crippen LogP contribution in [0.25, 0.3) is 6.08 Å². The molecule has 1 fully saturated rings. The summed E-state index contributed by atoms with van der Waals surface area (Å²) in [6.45, 7) is 8.61. The second-order valence-corrected chi connectivity index (χ2v) is 9.25. The summed E-state index contributed by atoms with van der Waals surface area (Å²) in [6.07, 6.45) is 3.85. The van der Waals surface area contributed by atoms with Gasteiger partial charge in [-0.3, -0.25) is 0 Å². The van der Waals surface area contributed by atoms with E-state index < -0.39 is 24.4 Å². The first-order valence-corrected chi connectivity index (χ1v) is 10.9. The average Bonchev–Trinajstić information content (AvgIpc) is 2.93. The molecular weight excluding hydrogens is 389 g/mol. The molecule has 0 bridgehead atoms. The summed E-state index contributed by atoms with van der Waals surface area (Å²) in [4.78, 5) is 12.3. The van der Waals surface area contributed by atoms with Gasteiger partial charge in [0, 0.05) is 6.54 Å². The number of carbonyl (C=O) groups excluding carboxylic acids is 1. The summed E-state index contributed by atoms with van der Waals surface area (Å²) in [5.41, 5.74) is 4.78. The third-order valence-electron chi connectivity index (χ3n) is 6.45. The lowest BCUT2D eigenvalue weighted by Crippen LogP contribution is -2.41. The molecule has 0 spiro atoms. The number of amides is 1. The molecule has 0 atom stereocenters. The Kier molecular flexibility index (Phi) is 5.95. The number of hydrogen-bond donors (Lipinski definition) is 1. The predicted octanol–water partition coefficient (Wildman–Crippen LogP) is 4.73. The van der Waals surface area contributed by atoms with Crippen molar-refractivity contribution in [1.29, 1.82) is 0 Å². The summed E-state index contributed by atoms with van der Waals surface area (Å²) >= 11 is 0. The fourth-order valence-corrected chi connectivity index (χ4v) is 3.66. The van der Waals surface area contributed by atoms with Crippen molar-refractivity contribution in [2.75, 3.05) is 6.54 Å². The van der Waals surface area contributed by atoms with E-state index in [0.29, 0.717) is 0 Å². The van der Waals surface area contributed by atoms with Gasteiger partial charge in [0.25, 0.3) is 0 Å². The first-order chi connectivity index (χ1) is 14.7. The Morgan fingerprint density at radius 1 is 1.03 bits per heavy atom. The van der Waals surface area contributed by atoms with Crippen LogP contribution in [0.5, 0.6) is 0 Å². The second-order valence-electron chi connectivity index (χ2n) is 9.25. The van der Waals surface area contributed by atoms with Crippen LogP contribution in [0.1, 0.15) is 49.9 Å². The maximum Gasteiger partial charge on any atom is 0.492 e. The highest BCUT2D eigenvalue weighted by Crippen LogP contribution is 2.39. The van der Waals surface area contributed by atoms with E-state index in [-0.39, 0.29) is 13.2 Å². The van der Waals surface area contributed by atoms with E-state index >= 15 is 0 Å². The minimum absolute atomic E-state index is 0.229. The van der Waals surface area contributed by atoms with E-state index in [2.05, 4.69) is 29.6 Å². The molecule has 1 saturated heterocycles. The Morgan fingerprint density at radius 2 is 1.71 bits per heavy atom.